The molecule has 3 N–H and O–H groups in total. The first-order chi connectivity index (χ1) is 22.6. The van der Waals surface area contributed by atoms with Crippen molar-refractivity contribution >= 4 is 54.7 Å². The lowest BCUT2D eigenvalue weighted by molar-refractivity contribution is 0.102. The molecular weight excluding hydrogens is 617 g/mol. The van der Waals surface area contributed by atoms with Gasteiger partial charge in [-0.15, -0.1) is 11.3 Å². The number of carbonyl (C=O) groups excluding carboxylic acids is 1. The molecule has 4 heterocycles. The molecule has 0 bridgehead atoms. The van der Waals surface area contributed by atoms with Gasteiger partial charge in [0.05, 0.1) is 28.7 Å². The lowest BCUT2D eigenvalue weighted by atomic mass is 9.94. The zero-order chi connectivity index (χ0) is 31.3. The van der Waals surface area contributed by atoms with Crippen molar-refractivity contribution in [3.05, 3.63) is 125 Å². The standard InChI is InChI=1S/C35H32N6O3S2/c42-32(40-34-38-28-14-4-5-15-29(28)45-34)26-13-6-9-23-17-19-41(22-27(23)26)35-39-31(33(43)37-24-10-7-18-36-21-24)30(46-35)16-8-20-44-25-11-2-1-3-12-25/h1-7,9-15,18,21,33,37,43H,8,16-17,19-20,22H2,(H,38,40,42). The molecule has 11 heteroatoms. The number of nitrogens with zero attached hydrogens (tertiary/aromatic N) is 4. The summed E-state index contributed by atoms with van der Waals surface area (Å²) in [6, 6.07) is 27.2. The molecule has 1 amide bonds. The van der Waals surface area contributed by atoms with Crippen LogP contribution in [-0.4, -0.2) is 39.1 Å². The van der Waals surface area contributed by atoms with E-state index in [2.05, 4.69) is 31.6 Å². The average Bonchev–Trinajstić information content (AvgIpc) is 3.71. The smallest absolute Gasteiger partial charge is 0.257 e. The Morgan fingerprint density at radius 1 is 0.978 bits per heavy atom. The maximum atomic E-state index is 13.5. The molecule has 9 nitrogen and oxygen atoms in total. The number of fused-ring (bicyclic) bond motifs is 2. The minimum absolute atomic E-state index is 0.173. The van der Waals surface area contributed by atoms with Crippen LogP contribution in [-0.2, 0) is 19.4 Å². The van der Waals surface area contributed by atoms with Gasteiger partial charge in [-0.3, -0.25) is 15.1 Å². The summed E-state index contributed by atoms with van der Waals surface area (Å²) in [6.07, 6.45) is 4.61. The SMILES string of the molecule is O=C(Nc1nc2ccccc2s1)c1cccc2c1CN(c1nc(C(O)Nc3cccnc3)c(CCCOc3ccccc3)s1)CC2. The van der Waals surface area contributed by atoms with Gasteiger partial charge in [-0.25, -0.2) is 9.97 Å². The molecule has 0 aliphatic carbocycles. The summed E-state index contributed by atoms with van der Waals surface area (Å²) in [5.74, 6) is 0.661. The van der Waals surface area contributed by atoms with Crippen molar-refractivity contribution in [2.75, 3.05) is 28.7 Å². The second-order valence-corrected chi connectivity index (χ2v) is 13.0. The quantitative estimate of drug-likeness (QED) is 0.101. The summed E-state index contributed by atoms with van der Waals surface area (Å²) < 4.78 is 6.96. The highest BCUT2D eigenvalue weighted by atomic mass is 32.1. The Morgan fingerprint density at radius 2 is 1.85 bits per heavy atom. The fraction of sp³-hybridized carbons (Fsp3) is 0.200. The second kappa shape index (κ2) is 13.7. The van der Waals surface area contributed by atoms with Gasteiger partial charge >= 0.3 is 0 Å². The molecule has 0 radical (unpaired) electrons. The van der Waals surface area contributed by atoms with Gasteiger partial charge in [0.15, 0.2) is 16.5 Å². The Hall–Kier alpha value is -4.84. The maximum Gasteiger partial charge on any atom is 0.257 e. The number of rotatable bonds is 11. The van der Waals surface area contributed by atoms with Crippen LogP contribution in [0.4, 0.5) is 16.0 Å². The predicted octanol–water partition coefficient (Wildman–Crippen LogP) is 7.08. The number of aliphatic hydroxyl groups is 1. The van der Waals surface area contributed by atoms with Crippen LogP contribution in [0.15, 0.2) is 97.3 Å². The summed E-state index contributed by atoms with van der Waals surface area (Å²) in [6.45, 7) is 1.84. The summed E-state index contributed by atoms with van der Waals surface area (Å²) in [4.78, 5) is 30.4. The van der Waals surface area contributed by atoms with Crippen molar-refractivity contribution in [3.8, 4) is 5.75 Å². The fourth-order valence-electron chi connectivity index (χ4n) is 5.54. The van der Waals surface area contributed by atoms with Crippen molar-refractivity contribution in [2.45, 2.75) is 32.0 Å². The van der Waals surface area contributed by atoms with E-state index in [0.29, 0.717) is 41.6 Å². The first-order valence-corrected chi connectivity index (χ1v) is 16.8. The molecule has 0 spiro atoms. The molecule has 46 heavy (non-hydrogen) atoms. The fourth-order valence-corrected chi connectivity index (χ4v) is 7.56. The molecule has 0 fully saturated rings. The van der Waals surface area contributed by atoms with Gasteiger partial charge in [0.2, 0.25) is 0 Å². The lowest BCUT2D eigenvalue weighted by Crippen LogP contribution is -2.32. The van der Waals surface area contributed by atoms with Crippen molar-refractivity contribution < 1.29 is 14.6 Å². The summed E-state index contributed by atoms with van der Waals surface area (Å²) in [5, 5.41) is 18.8. The number of anilines is 3. The number of ether oxygens (including phenoxy) is 1. The van der Waals surface area contributed by atoms with E-state index in [9.17, 15) is 9.90 Å². The summed E-state index contributed by atoms with van der Waals surface area (Å²) >= 11 is 3.04. The zero-order valence-corrected chi connectivity index (χ0v) is 26.6. The number of aliphatic hydroxyl groups excluding tert-OH is 1. The third kappa shape index (κ3) is 6.71. The minimum atomic E-state index is -1.01. The van der Waals surface area contributed by atoms with Gasteiger partial charge in [-0.1, -0.05) is 53.8 Å². The van der Waals surface area contributed by atoms with Gasteiger partial charge in [-0.2, -0.15) is 0 Å². The number of para-hydroxylation sites is 2. The normalized spacial score (nSPS) is 13.3. The number of benzene rings is 3. The topological polar surface area (TPSA) is 113 Å². The number of hydrogen-bond acceptors (Lipinski definition) is 10. The van der Waals surface area contributed by atoms with E-state index in [1.807, 2.05) is 78.9 Å². The van der Waals surface area contributed by atoms with Crippen LogP contribution in [0.2, 0.25) is 0 Å². The van der Waals surface area contributed by atoms with Gasteiger partial charge in [0.1, 0.15) is 11.4 Å². The predicted molar refractivity (Wildman–Crippen MR) is 184 cm³/mol. The number of carbonyl (C=O) groups is 1. The van der Waals surface area contributed by atoms with E-state index < -0.39 is 6.23 Å². The van der Waals surface area contributed by atoms with Crippen LogP contribution >= 0.6 is 22.7 Å². The van der Waals surface area contributed by atoms with E-state index in [4.69, 9.17) is 9.72 Å². The molecule has 7 rings (SSSR count). The van der Waals surface area contributed by atoms with E-state index in [1.54, 1.807) is 23.7 Å². The number of pyridine rings is 1. The van der Waals surface area contributed by atoms with Crippen LogP contribution in [0.5, 0.6) is 5.75 Å². The molecule has 6 aromatic rings. The third-order valence-electron chi connectivity index (χ3n) is 7.80. The first kappa shape index (κ1) is 29.8. The molecule has 3 aromatic carbocycles. The molecular formula is C35H32N6O3S2. The molecule has 0 saturated heterocycles. The number of hydrogen-bond donors (Lipinski definition) is 3. The van der Waals surface area contributed by atoms with Crippen LogP contribution < -0.4 is 20.3 Å². The highest BCUT2D eigenvalue weighted by Crippen LogP contribution is 2.35. The average molecular weight is 649 g/mol. The van der Waals surface area contributed by atoms with Crippen LogP contribution in [0.1, 0.15) is 44.7 Å². The van der Waals surface area contributed by atoms with Crippen molar-refractivity contribution in [1.82, 2.24) is 15.0 Å². The minimum Gasteiger partial charge on any atom is -0.494 e. The maximum absolute atomic E-state index is 13.5. The number of nitrogens with one attached hydrogen (secondary N) is 2. The van der Waals surface area contributed by atoms with Crippen LogP contribution in [0, 0.1) is 0 Å². The molecule has 1 aliphatic heterocycles. The zero-order valence-electron chi connectivity index (χ0n) is 24.9. The Morgan fingerprint density at radius 3 is 2.70 bits per heavy atom. The molecule has 1 aliphatic rings. The number of aromatic nitrogens is 3. The number of amides is 1. The molecule has 232 valence electrons. The molecule has 1 unspecified atom stereocenters. The van der Waals surface area contributed by atoms with Crippen LogP contribution in [0.25, 0.3) is 10.2 Å². The Labute approximate surface area is 274 Å². The highest BCUT2D eigenvalue weighted by molar-refractivity contribution is 7.22. The van der Waals surface area contributed by atoms with E-state index in [0.717, 1.165) is 56.5 Å². The third-order valence-corrected chi connectivity index (χ3v) is 9.95. The number of aryl methyl sites for hydroxylation is 1. The van der Waals surface area contributed by atoms with Gasteiger partial charge in [-0.05, 0) is 72.9 Å². The van der Waals surface area contributed by atoms with Crippen molar-refractivity contribution in [1.29, 1.82) is 0 Å². The summed E-state index contributed by atoms with van der Waals surface area (Å²) in [7, 11) is 0. The van der Waals surface area contributed by atoms with E-state index in [1.165, 1.54) is 11.3 Å². The Bertz CT molecular complexity index is 1910. The molecule has 3 aromatic heterocycles. The molecule has 0 saturated carbocycles. The Kier molecular flexibility index (Phi) is 8.86. The van der Waals surface area contributed by atoms with Gasteiger partial charge in [0, 0.05) is 29.7 Å². The van der Waals surface area contributed by atoms with Crippen molar-refractivity contribution in [2.24, 2.45) is 0 Å². The number of thiazole rings is 2. The highest BCUT2D eigenvalue weighted by Gasteiger charge is 2.27. The lowest BCUT2D eigenvalue weighted by Gasteiger charge is -2.29. The second-order valence-electron chi connectivity index (χ2n) is 10.9. The summed E-state index contributed by atoms with van der Waals surface area (Å²) in [5.41, 5.74) is 4.94. The first-order valence-electron chi connectivity index (χ1n) is 15.2. The van der Waals surface area contributed by atoms with E-state index >= 15 is 0 Å². The van der Waals surface area contributed by atoms with Gasteiger partial charge < -0.3 is 20.1 Å². The van der Waals surface area contributed by atoms with Gasteiger partial charge in [0.25, 0.3) is 5.91 Å². The molecule has 1 atom stereocenters. The van der Waals surface area contributed by atoms with Crippen LogP contribution in [0.3, 0.4) is 0 Å². The monoisotopic (exact) mass is 648 g/mol. The van der Waals surface area contributed by atoms with E-state index in [-0.39, 0.29) is 5.91 Å². The largest absolute Gasteiger partial charge is 0.494 e. The Balaban J connectivity index is 1.10. The van der Waals surface area contributed by atoms with Crippen molar-refractivity contribution in [3.63, 3.8) is 0 Å².